The molecule has 0 radical (unpaired) electrons. The molecule has 1 aliphatic rings. The molecule has 0 spiro atoms. The Morgan fingerprint density at radius 3 is 2.42 bits per heavy atom. The van der Waals surface area contributed by atoms with Gasteiger partial charge >= 0.3 is 5.97 Å². The summed E-state index contributed by atoms with van der Waals surface area (Å²) in [6, 6.07) is 17.8. The van der Waals surface area contributed by atoms with Crippen LogP contribution in [0.25, 0.3) is 22.6 Å². The first-order chi connectivity index (χ1) is 18.4. The number of rotatable bonds is 6. The molecule has 1 unspecified atom stereocenters. The lowest BCUT2D eigenvalue weighted by Crippen LogP contribution is -2.30. The lowest BCUT2D eigenvalue weighted by Gasteiger charge is -2.23. The summed E-state index contributed by atoms with van der Waals surface area (Å²) in [5.41, 5.74) is 4.83. The molecule has 0 saturated heterocycles. The van der Waals surface area contributed by atoms with Gasteiger partial charge in [0.1, 0.15) is 5.76 Å². The van der Waals surface area contributed by atoms with Crippen LogP contribution in [0.1, 0.15) is 54.1 Å². The topological polar surface area (TPSA) is 111 Å². The number of esters is 1. The number of ether oxygens (including phenoxy) is 1. The third kappa shape index (κ3) is 5.34. The van der Waals surface area contributed by atoms with Crippen LogP contribution in [0.4, 0.5) is 11.4 Å². The fourth-order valence-electron chi connectivity index (χ4n) is 4.61. The highest BCUT2D eigenvalue weighted by Crippen LogP contribution is 2.36. The zero-order chi connectivity index (χ0) is 26.6. The Balaban J connectivity index is 1.40. The van der Waals surface area contributed by atoms with E-state index in [0.29, 0.717) is 34.3 Å². The Morgan fingerprint density at radius 1 is 0.974 bits per heavy atom. The molecule has 2 heterocycles. The number of benzene rings is 2. The minimum Gasteiger partial charge on any atom is -0.465 e. The number of carbonyl (C=O) groups is 3. The van der Waals surface area contributed by atoms with Crippen LogP contribution in [0.15, 0.2) is 71.3 Å². The lowest BCUT2D eigenvalue weighted by molar-refractivity contribution is -0.123. The Labute approximate surface area is 219 Å². The molecule has 38 heavy (non-hydrogen) atoms. The predicted molar refractivity (Wildman–Crippen MR) is 146 cm³/mol. The van der Waals surface area contributed by atoms with Crippen LogP contribution < -0.4 is 10.6 Å². The number of allylic oxidation sites excluding steroid dienone is 1. The first-order valence-corrected chi connectivity index (χ1v) is 12.4. The number of hydrogen-bond acceptors (Lipinski definition) is 6. The van der Waals surface area contributed by atoms with E-state index in [1.165, 1.54) is 13.8 Å². The van der Waals surface area contributed by atoms with Gasteiger partial charge in [0.25, 0.3) is 5.91 Å². The van der Waals surface area contributed by atoms with E-state index in [-0.39, 0.29) is 5.91 Å². The first kappa shape index (κ1) is 25.0. The number of nitrogens with one attached hydrogen (secondary N) is 2. The van der Waals surface area contributed by atoms with Crippen molar-refractivity contribution in [2.24, 2.45) is 0 Å². The number of pyridine rings is 1. The Kier molecular flexibility index (Phi) is 7.04. The summed E-state index contributed by atoms with van der Waals surface area (Å²) in [7, 11) is 0. The quantitative estimate of drug-likeness (QED) is 0.316. The van der Waals surface area contributed by atoms with Crippen molar-refractivity contribution in [3.63, 3.8) is 0 Å². The Bertz CT molecular complexity index is 1540. The fourth-order valence-corrected chi connectivity index (χ4v) is 4.61. The normalized spacial score (nSPS) is 14.5. The first-order valence-electron chi connectivity index (χ1n) is 12.4. The monoisotopic (exact) mass is 509 g/mol. The predicted octanol–water partition coefficient (Wildman–Crippen LogP) is 5.85. The summed E-state index contributed by atoms with van der Waals surface area (Å²) < 4.78 is 11.2. The number of para-hydroxylation sites is 1. The zero-order valence-electron chi connectivity index (χ0n) is 21.1. The second kappa shape index (κ2) is 10.7. The number of aromatic nitrogens is 1. The number of hydrogen-bond donors (Lipinski definition) is 2. The third-order valence-corrected chi connectivity index (χ3v) is 6.36. The summed E-state index contributed by atoms with van der Waals surface area (Å²) in [6.45, 7) is 2.96. The van der Waals surface area contributed by atoms with E-state index in [1.54, 1.807) is 30.5 Å². The summed E-state index contributed by atoms with van der Waals surface area (Å²) in [4.78, 5) is 42.5. The molecule has 5 rings (SSSR count). The van der Waals surface area contributed by atoms with E-state index in [2.05, 4.69) is 10.6 Å². The zero-order valence-corrected chi connectivity index (χ0v) is 21.1. The smallest absolute Gasteiger partial charge is 0.339 e. The number of furan rings is 1. The maximum Gasteiger partial charge on any atom is 0.339 e. The number of carbonyl (C=O) groups excluding carboxylic acids is 3. The second-order valence-corrected chi connectivity index (χ2v) is 9.16. The van der Waals surface area contributed by atoms with Crippen LogP contribution in [-0.2, 0) is 20.7 Å². The number of fused-ring (bicyclic) bond motifs is 2. The molecule has 8 heteroatoms. The van der Waals surface area contributed by atoms with Crippen LogP contribution in [-0.4, -0.2) is 28.9 Å². The molecule has 4 aromatic rings. The van der Waals surface area contributed by atoms with Gasteiger partial charge in [0, 0.05) is 23.7 Å². The van der Waals surface area contributed by atoms with Crippen molar-refractivity contribution in [3.05, 3.63) is 89.5 Å². The van der Waals surface area contributed by atoms with Crippen molar-refractivity contribution < 1.29 is 23.5 Å². The van der Waals surface area contributed by atoms with E-state index < -0.39 is 18.0 Å². The molecular weight excluding hydrogens is 482 g/mol. The van der Waals surface area contributed by atoms with Crippen LogP contribution in [0.3, 0.4) is 0 Å². The van der Waals surface area contributed by atoms with Crippen LogP contribution >= 0.6 is 0 Å². The molecule has 2 N–H and O–H groups in total. The van der Waals surface area contributed by atoms with Gasteiger partial charge in [0.2, 0.25) is 5.91 Å². The Morgan fingerprint density at radius 2 is 1.71 bits per heavy atom. The van der Waals surface area contributed by atoms with Crippen LogP contribution in [0.2, 0.25) is 0 Å². The van der Waals surface area contributed by atoms with Crippen molar-refractivity contribution in [3.8, 4) is 0 Å². The molecule has 2 aromatic carbocycles. The lowest BCUT2D eigenvalue weighted by atomic mass is 9.86. The molecule has 2 amide bonds. The maximum atomic E-state index is 13.6. The van der Waals surface area contributed by atoms with Crippen LogP contribution in [0, 0.1) is 0 Å². The molecule has 2 aromatic heterocycles. The molecule has 0 fully saturated rings. The van der Waals surface area contributed by atoms with E-state index >= 15 is 0 Å². The van der Waals surface area contributed by atoms with E-state index in [4.69, 9.17) is 14.1 Å². The van der Waals surface area contributed by atoms with Gasteiger partial charge in [-0.1, -0.05) is 18.2 Å². The van der Waals surface area contributed by atoms with Gasteiger partial charge in [-0.3, -0.25) is 9.59 Å². The van der Waals surface area contributed by atoms with Gasteiger partial charge < -0.3 is 19.8 Å². The minimum absolute atomic E-state index is 0.184. The highest BCUT2D eigenvalue weighted by Gasteiger charge is 2.28. The summed E-state index contributed by atoms with van der Waals surface area (Å²) in [5.74, 6) is -0.488. The third-order valence-electron chi connectivity index (χ3n) is 6.36. The number of anilines is 2. The molecule has 1 aliphatic carbocycles. The van der Waals surface area contributed by atoms with Crippen molar-refractivity contribution in [1.29, 1.82) is 0 Å². The van der Waals surface area contributed by atoms with Gasteiger partial charge in [-0.05, 0) is 85.9 Å². The largest absolute Gasteiger partial charge is 0.465 e. The van der Waals surface area contributed by atoms with Gasteiger partial charge in [-0.15, -0.1) is 0 Å². The van der Waals surface area contributed by atoms with E-state index in [9.17, 15) is 14.4 Å². The standard InChI is InChI=1S/C30H27N3O5/c1-18(29(35)32-22-14-12-21(13-15-22)31-19(2)34)38-30(36)27-24-9-3-4-11-26(24)33-28-20(7-5-10-25(27)28)17-23-8-6-16-37-23/h3-4,6,8-9,11-18H,5,7,10H2,1-2H3,(H,31,34)(H,32,35)/b20-17+. The fraction of sp³-hybridized carbons (Fsp3) is 0.200. The van der Waals surface area contributed by atoms with Gasteiger partial charge in [0.15, 0.2) is 6.10 Å². The summed E-state index contributed by atoms with van der Waals surface area (Å²) >= 11 is 0. The second-order valence-electron chi connectivity index (χ2n) is 9.16. The number of nitrogens with zero attached hydrogens (tertiary/aromatic N) is 1. The van der Waals surface area contributed by atoms with Crippen molar-refractivity contribution in [2.45, 2.75) is 39.2 Å². The summed E-state index contributed by atoms with van der Waals surface area (Å²) in [6.07, 6.45) is 4.88. The molecular formula is C30H27N3O5. The van der Waals surface area contributed by atoms with Gasteiger partial charge in [0.05, 0.1) is 23.0 Å². The molecule has 8 nitrogen and oxygen atoms in total. The van der Waals surface area contributed by atoms with Gasteiger partial charge in [-0.2, -0.15) is 0 Å². The molecule has 0 saturated carbocycles. The molecule has 1 atom stereocenters. The number of amides is 2. The molecule has 0 aliphatic heterocycles. The maximum absolute atomic E-state index is 13.6. The molecule has 0 bridgehead atoms. The van der Waals surface area contributed by atoms with Crippen molar-refractivity contribution >= 4 is 51.7 Å². The minimum atomic E-state index is -1.04. The Hall–Kier alpha value is -4.72. The van der Waals surface area contributed by atoms with E-state index in [0.717, 1.165) is 35.4 Å². The molecule has 192 valence electrons. The average Bonchev–Trinajstić information content (AvgIpc) is 3.41. The van der Waals surface area contributed by atoms with Crippen LogP contribution in [0.5, 0.6) is 0 Å². The highest BCUT2D eigenvalue weighted by molar-refractivity contribution is 6.07. The van der Waals surface area contributed by atoms with Crippen molar-refractivity contribution in [1.82, 2.24) is 4.98 Å². The van der Waals surface area contributed by atoms with E-state index in [1.807, 2.05) is 42.5 Å². The van der Waals surface area contributed by atoms with Gasteiger partial charge in [-0.25, -0.2) is 9.78 Å². The summed E-state index contributed by atoms with van der Waals surface area (Å²) in [5, 5.41) is 6.11. The van der Waals surface area contributed by atoms with Crippen molar-refractivity contribution in [2.75, 3.05) is 10.6 Å². The average molecular weight is 510 g/mol. The SMILES string of the molecule is CC(=O)Nc1ccc(NC(=O)C(C)OC(=O)c2c3c(nc4ccccc24)/C(=C/c2ccco2)CCC3)cc1. The highest BCUT2D eigenvalue weighted by atomic mass is 16.5.